The molecular weight excluding hydrogens is 360 g/mol. The van der Waals surface area contributed by atoms with Gasteiger partial charge in [-0.15, -0.1) is 5.10 Å². The van der Waals surface area contributed by atoms with Crippen LogP contribution in [0.4, 0.5) is 0 Å². The zero-order chi connectivity index (χ0) is 20.1. The maximum Gasteiger partial charge on any atom is 0.328 e. The molecule has 1 amide bonds. The predicted molar refractivity (Wildman–Crippen MR) is 103 cm³/mol. The summed E-state index contributed by atoms with van der Waals surface area (Å²) >= 11 is 0. The lowest BCUT2D eigenvalue weighted by Gasteiger charge is -2.19. The number of nitrogens with one attached hydrogen (secondary N) is 1. The molecule has 0 radical (unpaired) electrons. The van der Waals surface area contributed by atoms with Crippen LogP contribution in [0.5, 0.6) is 0 Å². The smallest absolute Gasteiger partial charge is 0.328 e. The van der Waals surface area contributed by atoms with Gasteiger partial charge in [-0.3, -0.25) is 9.59 Å². The number of methoxy groups -OCH3 is 1. The number of nitrogens with zero attached hydrogens (tertiary/aromatic N) is 3. The summed E-state index contributed by atoms with van der Waals surface area (Å²) in [5.74, 6) is -1.10. The number of ether oxygens (including phenoxy) is 1. The summed E-state index contributed by atoms with van der Waals surface area (Å²) in [5, 5.41) is 10.9. The first-order valence-electron chi connectivity index (χ1n) is 8.77. The Balaban J connectivity index is 1.82. The zero-order valence-corrected chi connectivity index (χ0v) is 15.5. The largest absolute Gasteiger partial charge is 0.467 e. The topological polar surface area (TPSA) is 103 Å². The molecule has 2 atom stereocenters. The fourth-order valence-electron chi connectivity index (χ4n) is 2.84. The molecule has 28 heavy (non-hydrogen) atoms. The van der Waals surface area contributed by atoms with Crippen molar-refractivity contribution in [2.45, 2.75) is 25.4 Å². The highest BCUT2D eigenvalue weighted by atomic mass is 16.5. The summed E-state index contributed by atoms with van der Waals surface area (Å²) < 4.78 is 5.81. The lowest BCUT2D eigenvalue weighted by Crippen LogP contribution is -2.47. The molecule has 1 heterocycles. The molecule has 0 aliphatic carbocycles. The second-order valence-corrected chi connectivity index (χ2v) is 6.31. The van der Waals surface area contributed by atoms with E-state index in [1.54, 1.807) is 24.3 Å². The Bertz CT molecular complexity index is 1050. The average Bonchev–Trinajstić information content (AvgIpc) is 2.73. The summed E-state index contributed by atoms with van der Waals surface area (Å²) in [4.78, 5) is 37.5. The second-order valence-electron chi connectivity index (χ2n) is 6.31. The Hall–Kier alpha value is -3.55. The van der Waals surface area contributed by atoms with E-state index in [0.717, 1.165) is 10.2 Å². The summed E-state index contributed by atoms with van der Waals surface area (Å²) in [6.45, 7) is 1.52. The van der Waals surface area contributed by atoms with Crippen molar-refractivity contribution in [3.8, 4) is 0 Å². The molecule has 0 aliphatic rings. The number of rotatable bonds is 6. The van der Waals surface area contributed by atoms with Crippen molar-refractivity contribution in [3.63, 3.8) is 0 Å². The maximum absolute atomic E-state index is 12.7. The van der Waals surface area contributed by atoms with Crippen molar-refractivity contribution in [1.82, 2.24) is 20.3 Å². The highest BCUT2D eigenvalue weighted by Crippen LogP contribution is 2.09. The summed E-state index contributed by atoms with van der Waals surface area (Å²) in [6.07, 6.45) is 0.268. The molecule has 0 saturated carbocycles. The number of amides is 1. The van der Waals surface area contributed by atoms with E-state index in [1.807, 2.05) is 30.3 Å². The van der Waals surface area contributed by atoms with Crippen LogP contribution in [0, 0.1) is 0 Å². The highest BCUT2D eigenvalue weighted by molar-refractivity contribution is 5.86. The first-order chi connectivity index (χ1) is 13.5. The lowest BCUT2D eigenvalue weighted by molar-refractivity contribution is -0.145. The first kappa shape index (κ1) is 19.2. The van der Waals surface area contributed by atoms with Crippen LogP contribution in [0.2, 0.25) is 0 Å². The van der Waals surface area contributed by atoms with Crippen LogP contribution in [0.25, 0.3) is 10.9 Å². The second kappa shape index (κ2) is 8.43. The fraction of sp³-hybridized carbons (Fsp3) is 0.250. The van der Waals surface area contributed by atoms with E-state index in [1.165, 1.54) is 14.0 Å². The number of hydrogen-bond donors (Lipinski definition) is 1. The number of esters is 1. The molecule has 1 aromatic heterocycles. The monoisotopic (exact) mass is 380 g/mol. The number of benzene rings is 2. The molecule has 0 spiro atoms. The van der Waals surface area contributed by atoms with Crippen LogP contribution in [0.15, 0.2) is 59.4 Å². The van der Waals surface area contributed by atoms with Gasteiger partial charge in [0.1, 0.15) is 17.6 Å². The zero-order valence-electron chi connectivity index (χ0n) is 15.5. The molecule has 0 bridgehead atoms. The van der Waals surface area contributed by atoms with Crippen LogP contribution in [-0.2, 0) is 20.7 Å². The molecule has 0 saturated heterocycles. The van der Waals surface area contributed by atoms with Gasteiger partial charge < -0.3 is 10.1 Å². The summed E-state index contributed by atoms with van der Waals surface area (Å²) in [6, 6.07) is 14.2. The van der Waals surface area contributed by atoms with E-state index >= 15 is 0 Å². The number of fused-ring (bicyclic) bond motifs is 1. The predicted octanol–water partition coefficient (Wildman–Crippen LogP) is 1.25. The SMILES string of the molecule is COC(=O)[C@H](Cc1ccccc1)NC(=O)[C@@H](C)n1nnc2ccccc2c1=O. The van der Waals surface area contributed by atoms with Gasteiger partial charge in [-0.2, -0.15) is 4.68 Å². The molecule has 0 aliphatic heterocycles. The van der Waals surface area contributed by atoms with E-state index in [4.69, 9.17) is 4.74 Å². The third-order valence-electron chi connectivity index (χ3n) is 4.42. The number of hydrogen-bond acceptors (Lipinski definition) is 6. The van der Waals surface area contributed by atoms with E-state index < -0.39 is 29.5 Å². The number of aromatic nitrogens is 3. The Morgan fingerprint density at radius 3 is 2.50 bits per heavy atom. The van der Waals surface area contributed by atoms with Gasteiger partial charge >= 0.3 is 5.97 Å². The number of carbonyl (C=O) groups is 2. The molecule has 0 fully saturated rings. The van der Waals surface area contributed by atoms with Crippen LogP contribution in [0.3, 0.4) is 0 Å². The molecule has 2 aromatic carbocycles. The average molecular weight is 380 g/mol. The molecule has 3 rings (SSSR count). The lowest BCUT2D eigenvalue weighted by atomic mass is 10.1. The molecule has 8 heteroatoms. The summed E-state index contributed by atoms with van der Waals surface area (Å²) in [7, 11) is 1.26. The fourth-order valence-corrected chi connectivity index (χ4v) is 2.84. The Labute approximate surface area is 161 Å². The minimum atomic E-state index is -0.951. The van der Waals surface area contributed by atoms with Gasteiger partial charge in [0.15, 0.2) is 0 Å². The van der Waals surface area contributed by atoms with E-state index in [9.17, 15) is 14.4 Å². The quantitative estimate of drug-likeness (QED) is 0.646. The molecule has 0 unspecified atom stereocenters. The van der Waals surface area contributed by atoms with Crippen molar-refractivity contribution >= 4 is 22.8 Å². The van der Waals surface area contributed by atoms with E-state index in [2.05, 4.69) is 15.6 Å². The van der Waals surface area contributed by atoms with Gasteiger partial charge in [0.05, 0.1) is 12.5 Å². The van der Waals surface area contributed by atoms with Gasteiger partial charge in [0, 0.05) is 6.42 Å². The third-order valence-corrected chi connectivity index (χ3v) is 4.42. The Morgan fingerprint density at radius 1 is 1.11 bits per heavy atom. The number of carbonyl (C=O) groups excluding carboxylic acids is 2. The highest BCUT2D eigenvalue weighted by Gasteiger charge is 2.26. The summed E-state index contributed by atoms with van der Waals surface area (Å²) in [5.41, 5.74) is 0.896. The Kier molecular flexibility index (Phi) is 5.78. The van der Waals surface area contributed by atoms with Crippen molar-refractivity contribution in [1.29, 1.82) is 0 Å². The van der Waals surface area contributed by atoms with E-state index in [0.29, 0.717) is 10.9 Å². The van der Waals surface area contributed by atoms with E-state index in [-0.39, 0.29) is 6.42 Å². The van der Waals surface area contributed by atoms with Gasteiger partial charge in [-0.05, 0) is 24.6 Å². The molecule has 3 aromatic rings. The maximum atomic E-state index is 12.7. The Morgan fingerprint density at radius 2 is 1.79 bits per heavy atom. The molecule has 144 valence electrons. The van der Waals surface area contributed by atoms with Gasteiger partial charge in [0.2, 0.25) is 5.91 Å². The minimum absolute atomic E-state index is 0.268. The third kappa shape index (κ3) is 4.06. The van der Waals surface area contributed by atoms with Crippen LogP contribution >= 0.6 is 0 Å². The van der Waals surface area contributed by atoms with Gasteiger partial charge in [-0.25, -0.2) is 4.79 Å². The first-order valence-corrected chi connectivity index (χ1v) is 8.77. The van der Waals surface area contributed by atoms with Crippen molar-refractivity contribution in [3.05, 3.63) is 70.5 Å². The van der Waals surface area contributed by atoms with Gasteiger partial charge in [0.25, 0.3) is 5.56 Å². The molecule has 1 N–H and O–H groups in total. The van der Waals surface area contributed by atoms with Crippen molar-refractivity contribution in [2.24, 2.45) is 0 Å². The minimum Gasteiger partial charge on any atom is -0.467 e. The molecular formula is C20H20N4O4. The van der Waals surface area contributed by atoms with Crippen LogP contribution < -0.4 is 10.9 Å². The van der Waals surface area contributed by atoms with Crippen molar-refractivity contribution in [2.75, 3.05) is 7.11 Å². The molecule has 8 nitrogen and oxygen atoms in total. The normalized spacial score (nSPS) is 12.9. The van der Waals surface area contributed by atoms with Crippen LogP contribution in [-0.4, -0.2) is 40.0 Å². The van der Waals surface area contributed by atoms with Crippen molar-refractivity contribution < 1.29 is 14.3 Å². The van der Waals surface area contributed by atoms with Gasteiger partial charge in [-0.1, -0.05) is 47.7 Å². The van der Waals surface area contributed by atoms with Crippen LogP contribution in [0.1, 0.15) is 18.5 Å². The standard InChI is InChI=1S/C20H20N4O4/c1-13(24-19(26)15-10-6-7-11-16(15)22-23-24)18(25)21-17(20(27)28-2)12-14-8-4-3-5-9-14/h3-11,13,17H,12H2,1-2H3,(H,21,25)/t13-,17+/m1/s1.